The minimum atomic E-state index is -0.365. The lowest BCUT2D eigenvalue weighted by atomic mass is 9.98. The van der Waals surface area contributed by atoms with Gasteiger partial charge >= 0.3 is 0 Å². The van der Waals surface area contributed by atoms with Crippen LogP contribution in [-0.4, -0.2) is 50.2 Å². The van der Waals surface area contributed by atoms with Crippen LogP contribution < -0.4 is 14.8 Å². The lowest BCUT2D eigenvalue weighted by Gasteiger charge is -2.34. The molecule has 0 unspecified atom stereocenters. The number of rotatable bonds is 7. The van der Waals surface area contributed by atoms with Crippen LogP contribution in [0.4, 0.5) is 5.69 Å². The number of methoxy groups -OCH3 is 2. The standard InChI is InChI=1S/C16H23N3O4.2ClH/c1-4-5-13(18-8-6-17-7-9-18)12-10-15(22-2)16(23-3)11-14(12)19(20)21;;/h4,10-11,13,17H,1,5-9H2,2-3H3;2*1H/t13-;;/m0../s1. The highest BCUT2D eigenvalue weighted by atomic mass is 35.5. The van der Waals surface area contributed by atoms with Gasteiger partial charge in [0.1, 0.15) is 0 Å². The van der Waals surface area contributed by atoms with Gasteiger partial charge in [0.15, 0.2) is 11.5 Å². The zero-order valence-corrected chi connectivity index (χ0v) is 16.0. The van der Waals surface area contributed by atoms with Crippen LogP contribution in [0.2, 0.25) is 0 Å². The number of hydrogen-bond donors (Lipinski definition) is 1. The normalized spacial score (nSPS) is 15.3. The lowest BCUT2D eigenvalue weighted by Crippen LogP contribution is -2.45. The molecule has 2 rings (SSSR count). The molecule has 9 heteroatoms. The zero-order valence-electron chi connectivity index (χ0n) is 14.4. The minimum absolute atomic E-state index is 0. The fourth-order valence-corrected chi connectivity index (χ4v) is 2.93. The van der Waals surface area contributed by atoms with Crippen LogP contribution in [0.25, 0.3) is 0 Å². The van der Waals surface area contributed by atoms with Gasteiger partial charge in [-0.3, -0.25) is 15.0 Å². The first kappa shape index (κ1) is 23.5. The first-order valence-corrected chi connectivity index (χ1v) is 7.58. The van der Waals surface area contributed by atoms with Crippen molar-refractivity contribution in [3.63, 3.8) is 0 Å². The number of benzene rings is 1. The van der Waals surface area contributed by atoms with Crippen LogP contribution >= 0.6 is 24.8 Å². The van der Waals surface area contributed by atoms with Gasteiger partial charge in [0, 0.05) is 32.2 Å². The molecule has 1 N–H and O–H groups in total. The number of nitrogens with one attached hydrogen (secondary N) is 1. The average molecular weight is 394 g/mol. The second kappa shape index (κ2) is 11.1. The van der Waals surface area contributed by atoms with Crippen LogP contribution in [0.15, 0.2) is 24.8 Å². The van der Waals surface area contributed by atoms with E-state index in [1.54, 1.807) is 12.1 Å². The Kier molecular flexibility index (Phi) is 10.5. The van der Waals surface area contributed by atoms with Crippen molar-refractivity contribution >= 4 is 30.5 Å². The molecule has 0 amide bonds. The number of piperazine rings is 1. The van der Waals surface area contributed by atoms with E-state index in [2.05, 4.69) is 16.8 Å². The molecule has 1 aromatic carbocycles. The van der Waals surface area contributed by atoms with Gasteiger partial charge < -0.3 is 14.8 Å². The summed E-state index contributed by atoms with van der Waals surface area (Å²) in [5.41, 5.74) is 0.683. The molecule has 1 fully saturated rings. The molecule has 1 heterocycles. The Morgan fingerprint density at radius 1 is 1.28 bits per heavy atom. The Bertz CT molecular complexity index is 581. The Hall–Kier alpha value is -1.54. The maximum atomic E-state index is 11.5. The molecule has 0 spiro atoms. The summed E-state index contributed by atoms with van der Waals surface area (Å²) in [4.78, 5) is 13.4. The van der Waals surface area contributed by atoms with Gasteiger partial charge in [-0.1, -0.05) is 6.08 Å². The van der Waals surface area contributed by atoms with E-state index >= 15 is 0 Å². The Balaban J connectivity index is 0.00000288. The topological polar surface area (TPSA) is 76.9 Å². The molecule has 0 aromatic heterocycles. The van der Waals surface area contributed by atoms with Gasteiger partial charge in [-0.2, -0.15) is 0 Å². The number of nitrogens with zero attached hydrogens (tertiary/aromatic N) is 2. The number of ether oxygens (including phenoxy) is 2. The van der Waals surface area contributed by atoms with Gasteiger partial charge in [0.2, 0.25) is 0 Å². The summed E-state index contributed by atoms with van der Waals surface area (Å²) in [6.45, 7) is 7.22. The molecule has 1 aromatic rings. The van der Waals surface area contributed by atoms with E-state index < -0.39 is 0 Å². The van der Waals surface area contributed by atoms with Crippen molar-refractivity contribution < 1.29 is 14.4 Å². The third kappa shape index (κ3) is 5.47. The Morgan fingerprint density at radius 2 is 1.84 bits per heavy atom. The molecule has 142 valence electrons. The molecule has 0 saturated carbocycles. The summed E-state index contributed by atoms with van der Waals surface area (Å²) in [6, 6.07) is 3.05. The molecule has 1 saturated heterocycles. The molecule has 1 aliphatic heterocycles. The summed E-state index contributed by atoms with van der Waals surface area (Å²) in [5, 5.41) is 14.8. The smallest absolute Gasteiger partial charge is 0.278 e. The second-order valence-electron chi connectivity index (χ2n) is 5.35. The second-order valence-corrected chi connectivity index (χ2v) is 5.35. The predicted octanol–water partition coefficient (Wildman–Crippen LogP) is 2.98. The van der Waals surface area contributed by atoms with Crippen LogP contribution in [-0.2, 0) is 0 Å². The van der Waals surface area contributed by atoms with Crippen molar-refractivity contribution in [2.45, 2.75) is 12.5 Å². The van der Waals surface area contributed by atoms with E-state index in [9.17, 15) is 10.1 Å². The third-order valence-corrected chi connectivity index (χ3v) is 4.07. The summed E-state index contributed by atoms with van der Waals surface area (Å²) >= 11 is 0. The van der Waals surface area contributed by atoms with Crippen molar-refractivity contribution in [3.05, 3.63) is 40.5 Å². The fourth-order valence-electron chi connectivity index (χ4n) is 2.93. The van der Waals surface area contributed by atoms with Crippen molar-refractivity contribution in [2.75, 3.05) is 40.4 Å². The van der Waals surface area contributed by atoms with Gasteiger partial charge in [0.05, 0.1) is 30.8 Å². The summed E-state index contributed by atoms with van der Waals surface area (Å²) in [7, 11) is 3.00. The van der Waals surface area contributed by atoms with E-state index in [1.165, 1.54) is 20.3 Å². The van der Waals surface area contributed by atoms with Gasteiger partial charge in [-0.05, 0) is 12.5 Å². The van der Waals surface area contributed by atoms with Crippen LogP contribution in [0.1, 0.15) is 18.0 Å². The molecule has 25 heavy (non-hydrogen) atoms. The highest BCUT2D eigenvalue weighted by Gasteiger charge is 2.29. The van der Waals surface area contributed by atoms with Gasteiger partial charge in [-0.15, -0.1) is 31.4 Å². The van der Waals surface area contributed by atoms with Crippen molar-refractivity contribution in [3.8, 4) is 11.5 Å². The molecular weight excluding hydrogens is 369 g/mol. The fraction of sp³-hybridized carbons (Fsp3) is 0.500. The van der Waals surface area contributed by atoms with Crippen LogP contribution in [0, 0.1) is 10.1 Å². The predicted molar refractivity (Wildman–Crippen MR) is 103 cm³/mol. The van der Waals surface area contributed by atoms with E-state index in [-0.39, 0.29) is 41.5 Å². The first-order chi connectivity index (χ1) is 11.1. The molecule has 0 aliphatic carbocycles. The quantitative estimate of drug-likeness (QED) is 0.435. The van der Waals surface area contributed by atoms with Crippen LogP contribution in [0.5, 0.6) is 11.5 Å². The number of hydrogen-bond acceptors (Lipinski definition) is 6. The SMILES string of the molecule is C=CC[C@@H](c1cc(OC)c(OC)cc1[N+](=O)[O-])N1CCNCC1.Cl.Cl. The summed E-state index contributed by atoms with van der Waals surface area (Å²) in [5.74, 6) is 0.859. The lowest BCUT2D eigenvalue weighted by molar-refractivity contribution is -0.386. The van der Waals surface area contributed by atoms with Crippen molar-refractivity contribution in [2.24, 2.45) is 0 Å². The zero-order chi connectivity index (χ0) is 16.8. The van der Waals surface area contributed by atoms with Crippen molar-refractivity contribution in [1.82, 2.24) is 10.2 Å². The first-order valence-electron chi connectivity index (χ1n) is 7.58. The minimum Gasteiger partial charge on any atom is -0.493 e. The molecule has 0 radical (unpaired) electrons. The Morgan fingerprint density at radius 3 is 2.32 bits per heavy atom. The van der Waals surface area contributed by atoms with Crippen molar-refractivity contribution in [1.29, 1.82) is 0 Å². The maximum absolute atomic E-state index is 11.5. The van der Waals surface area contributed by atoms with Crippen LogP contribution in [0.3, 0.4) is 0 Å². The molecule has 0 bridgehead atoms. The highest BCUT2D eigenvalue weighted by Crippen LogP contribution is 2.40. The molecule has 1 aliphatic rings. The van der Waals surface area contributed by atoms with Gasteiger partial charge in [0.25, 0.3) is 5.69 Å². The van der Waals surface area contributed by atoms with E-state index in [4.69, 9.17) is 9.47 Å². The summed E-state index contributed by atoms with van der Waals surface area (Å²) in [6.07, 6.45) is 2.43. The summed E-state index contributed by atoms with van der Waals surface area (Å²) < 4.78 is 10.5. The number of nitro groups is 1. The largest absolute Gasteiger partial charge is 0.493 e. The van der Waals surface area contributed by atoms with E-state index in [1.807, 2.05) is 0 Å². The van der Waals surface area contributed by atoms with E-state index in [0.717, 1.165) is 26.2 Å². The number of nitro benzene ring substituents is 1. The highest BCUT2D eigenvalue weighted by molar-refractivity contribution is 5.85. The third-order valence-electron chi connectivity index (χ3n) is 4.07. The Labute approximate surface area is 160 Å². The van der Waals surface area contributed by atoms with E-state index in [0.29, 0.717) is 23.5 Å². The van der Waals surface area contributed by atoms with Gasteiger partial charge in [-0.25, -0.2) is 0 Å². The average Bonchev–Trinajstić information content (AvgIpc) is 2.59. The maximum Gasteiger partial charge on any atom is 0.278 e. The number of halogens is 2. The molecular formula is C16H25Cl2N3O4. The monoisotopic (exact) mass is 393 g/mol. The molecule has 7 nitrogen and oxygen atoms in total. The molecule has 1 atom stereocenters.